The molecule has 4 rings (SSSR count). The Morgan fingerprint density at radius 1 is 0.844 bits per heavy atom. The van der Waals surface area contributed by atoms with Crippen LogP contribution in [0.1, 0.15) is 79.6 Å². The van der Waals surface area contributed by atoms with Gasteiger partial charge in [0.2, 0.25) is 0 Å². The van der Waals surface area contributed by atoms with Crippen molar-refractivity contribution >= 4 is 23.7 Å². The molecular weight excluding hydrogens is 412 g/mol. The highest BCUT2D eigenvalue weighted by Crippen LogP contribution is 2.67. The third-order valence-electron chi connectivity index (χ3n) is 9.07. The number of carbonyl (C=O) groups is 4. The van der Waals surface area contributed by atoms with Crippen LogP contribution in [0.3, 0.4) is 0 Å². The van der Waals surface area contributed by atoms with Gasteiger partial charge < -0.3 is 14.2 Å². The first-order valence-electron chi connectivity index (χ1n) is 12.0. The van der Waals surface area contributed by atoms with Gasteiger partial charge in [-0.05, 0) is 54.8 Å². The second-order valence-electron chi connectivity index (χ2n) is 11.2. The van der Waals surface area contributed by atoms with Crippen LogP contribution >= 0.6 is 0 Å². The van der Waals surface area contributed by atoms with Crippen molar-refractivity contribution in [1.29, 1.82) is 0 Å². The number of esters is 3. The van der Waals surface area contributed by atoms with Crippen molar-refractivity contribution in [2.45, 2.75) is 97.9 Å². The van der Waals surface area contributed by atoms with E-state index in [4.69, 9.17) is 14.2 Å². The van der Waals surface area contributed by atoms with E-state index in [2.05, 4.69) is 13.8 Å². The number of ether oxygens (including phenoxy) is 3. The van der Waals surface area contributed by atoms with Crippen LogP contribution in [-0.4, -0.2) is 42.0 Å². The number of ketones is 1. The molecule has 0 bridgehead atoms. The summed E-state index contributed by atoms with van der Waals surface area (Å²) in [6.45, 7) is 8.74. The lowest BCUT2D eigenvalue weighted by Crippen LogP contribution is -2.62. The molecule has 0 saturated heterocycles. The Hall–Kier alpha value is -1.92. The van der Waals surface area contributed by atoms with E-state index in [1.165, 1.54) is 20.8 Å². The second kappa shape index (κ2) is 8.14. The molecule has 7 heteroatoms. The molecule has 0 aliphatic heterocycles. The fourth-order valence-electron chi connectivity index (χ4n) is 8.16. The van der Waals surface area contributed by atoms with E-state index in [0.717, 1.165) is 19.3 Å². The summed E-state index contributed by atoms with van der Waals surface area (Å²) in [5.41, 5.74) is -0.395. The third kappa shape index (κ3) is 3.96. The predicted octanol–water partition coefficient (Wildman–Crippen LogP) is 3.61. The summed E-state index contributed by atoms with van der Waals surface area (Å²) in [5.74, 6) is -0.220. The highest BCUT2D eigenvalue weighted by molar-refractivity contribution is 5.80. The molecule has 0 aromatic heterocycles. The first-order chi connectivity index (χ1) is 14.9. The Kier molecular flexibility index (Phi) is 5.91. The number of rotatable bonds is 3. The van der Waals surface area contributed by atoms with Crippen LogP contribution in [-0.2, 0) is 33.4 Å². The summed E-state index contributed by atoms with van der Waals surface area (Å²) >= 11 is 0. The fraction of sp³-hybridized carbons (Fsp3) is 0.840. The zero-order valence-electron chi connectivity index (χ0n) is 19.8. The van der Waals surface area contributed by atoms with Crippen LogP contribution in [0, 0.1) is 34.5 Å². The fourth-order valence-corrected chi connectivity index (χ4v) is 8.16. The largest absolute Gasteiger partial charge is 0.463 e. The first kappa shape index (κ1) is 23.2. The smallest absolute Gasteiger partial charge is 0.302 e. The highest BCUT2D eigenvalue weighted by atomic mass is 16.6. The van der Waals surface area contributed by atoms with E-state index in [-0.39, 0.29) is 76.5 Å². The molecule has 7 nitrogen and oxygen atoms in total. The van der Waals surface area contributed by atoms with E-state index < -0.39 is 0 Å². The van der Waals surface area contributed by atoms with Gasteiger partial charge >= 0.3 is 17.9 Å². The lowest BCUT2D eigenvalue weighted by molar-refractivity contribution is -0.214. The minimum absolute atomic E-state index is 0.0676. The molecule has 0 heterocycles. The van der Waals surface area contributed by atoms with Crippen LogP contribution in [0.4, 0.5) is 0 Å². The van der Waals surface area contributed by atoms with Crippen LogP contribution in [0.2, 0.25) is 0 Å². The average molecular weight is 449 g/mol. The number of fused-ring (bicyclic) bond motifs is 5. The zero-order chi connectivity index (χ0) is 23.4. The molecule has 4 aliphatic rings. The summed E-state index contributed by atoms with van der Waals surface area (Å²) in [4.78, 5) is 48.2. The van der Waals surface area contributed by atoms with E-state index in [0.29, 0.717) is 25.7 Å². The Morgan fingerprint density at radius 3 is 2.09 bits per heavy atom. The molecule has 0 aromatic rings. The van der Waals surface area contributed by atoms with Crippen molar-refractivity contribution in [2.75, 3.05) is 0 Å². The van der Waals surface area contributed by atoms with Gasteiger partial charge in [0, 0.05) is 45.4 Å². The molecule has 4 saturated carbocycles. The Bertz CT molecular complexity index is 821. The Morgan fingerprint density at radius 2 is 1.47 bits per heavy atom. The van der Waals surface area contributed by atoms with Crippen molar-refractivity contribution in [3.8, 4) is 0 Å². The summed E-state index contributed by atoms with van der Waals surface area (Å²) in [5, 5.41) is 0. The van der Waals surface area contributed by atoms with E-state index in [1.807, 2.05) is 0 Å². The minimum atomic E-state index is -0.326. The molecule has 4 fully saturated rings. The normalized spacial score (nSPS) is 45.2. The van der Waals surface area contributed by atoms with E-state index in [9.17, 15) is 19.2 Å². The number of carbonyl (C=O) groups excluding carboxylic acids is 4. The topological polar surface area (TPSA) is 96.0 Å². The standard InChI is InChI=1S/C25H36O7/c1-13(26)30-17-9-19-18-10-21(31-14(2)27)20-8-16(29)6-7-25(20,5)23(18)22(32-15(3)28)12-24(19,4)11-17/h17-23H,6-12H2,1-5H3/t17-,18+,19-,20-,21+,22-,23+,24-,25+/m1/s1. The highest BCUT2D eigenvalue weighted by Gasteiger charge is 2.66. The summed E-state index contributed by atoms with van der Waals surface area (Å²) in [6.07, 6.45) is 3.80. The maximum atomic E-state index is 12.4. The maximum absolute atomic E-state index is 12.4. The van der Waals surface area contributed by atoms with Crippen LogP contribution in [0.25, 0.3) is 0 Å². The van der Waals surface area contributed by atoms with Gasteiger partial charge in [0.15, 0.2) is 0 Å². The molecule has 0 amide bonds. The van der Waals surface area contributed by atoms with Crippen molar-refractivity contribution in [2.24, 2.45) is 34.5 Å². The molecule has 0 spiro atoms. The maximum Gasteiger partial charge on any atom is 0.302 e. The number of hydrogen-bond acceptors (Lipinski definition) is 7. The van der Waals surface area contributed by atoms with Crippen molar-refractivity contribution < 1.29 is 33.4 Å². The lowest BCUT2D eigenvalue weighted by atomic mass is 9.44. The van der Waals surface area contributed by atoms with Crippen LogP contribution in [0.15, 0.2) is 0 Å². The van der Waals surface area contributed by atoms with Crippen LogP contribution < -0.4 is 0 Å². The molecular formula is C25H36O7. The van der Waals surface area contributed by atoms with Gasteiger partial charge in [0.05, 0.1) is 0 Å². The molecule has 0 N–H and O–H groups in total. The molecule has 9 atom stereocenters. The predicted molar refractivity (Wildman–Crippen MR) is 114 cm³/mol. The quantitative estimate of drug-likeness (QED) is 0.481. The molecule has 4 aliphatic carbocycles. The summed E-state index contributed by atoms with van der Waals surface area (Å²) < 4.78 is 17.4. The van der Waals surface area contributed by atoms with Crippen molar-refractivity contribution in [3.05, 3.63) is 0 Å². The third-order valence-corrected chi connectivity index (χ3v) is 9.07. The van der Waals surface area contributed by atoms with Crippen molar-refractivity contribution in [1.82, 2.24) is 0 Å². The summed E-state index contributed by atoms with van der Waals surface area (Å²) in [7, 11) is 0. The average Bonchev–Trinajstić information content (AvgIpc) is 2.96. The number of hydrogen-bond donors (Lipinski definition) is 0. The number of Topliss-reactive ketones (excluding diaryl/α,β-unsaturated/α-hetero) is 1. The second-order valence-corrected chi connectivity index (χ2v) is 11.2. The Balaban J connectivity index is 1.75. The Labute approximate surface area is 189 Å². The zero-order valence-corrected chi connectivity index (χ0v) is 19.8. The SMILES string of the molecule is CC(=O)O[C@@H]1C[C@@H]2[C@@H]3C[C@H](OC(C)=O)[C@H]4CC(=O)CC[C@]4(C)[C@@H]3[C@H](OC(C)=O)C[C@@]2(C)C1. The molecule has 32 heavy (non-hydrogen) atoms. The molecule has 0 radical (unpaired) electrons. The molecule has 178 valence electrons. The van der Waals surface area contributed by atoms with Crippen molar-refractivity contribution in [3.63, 3.8) is 0 Å². The van der Waals surface area contributed by atoms with Gasteiger partial charge in [-0.2, -0.15) is 0 Å². The van der Waals surface area contributed by atoms with Gasteiger partial charge in [-0.25, -0.2) is 0 Å². The minimum Gasteiger partial charge on any atom is -0.463 e. The van der Waals surface area contributed by atoms with Gasteiger partial charge in [-0.15, -0.1) is 0 Å². The first-order valence-corrected chi connectivity index (χ1v) is 12.0. The molecule has 0 aromatic carbocycles. The monoisotopic (exact) mass is 448 g/mol. The summed E-state index contributed by atoms with van der Waals surface area (Å²) in [6, 6.07) is 0. The van der Waals surface area contributed by atoms with Gasteiger partial charge in [0.25, 0.3) is 0 Å². The van der Waals surface area contributed by atoms with Gasteiger partial charge in [-0.1, -0.05) is 13.8 Å². The van der Waals surface area contributed by atoms with Gasteiger partial charge in [-0.3, -0.25) is 19.2 Å². The van der Waals surface area contributed by atoms with E-state index >= 15 is 0 Å². The van der Waals surface area contributed by atoms with Gasteiger partial charge in [0.1, 0.15) is 24.1 Å². The van der Waals surface area contributed by atoms with Crippen LogP contribution in [0.5, 0.6) is 0 Å². The molecule has 0 unspecified atom stereocenters. The van der Waals surface area contributed by atoms with E-state index in [1.54, 1.807) is 0 Å². The lowest BCUT2D eigenvalue weighted by Gasteiger charge is -2.62.